The van der Waals surface area contributed by atoms with Gasteiger partial charge in [0, 0.05) is 29.9 Å². The van der Waals surface area contributed by atoms with Gasteiger partial charge in [-0.15, -0.1) is 0 Å². The van der Waals surface area contributed by atoms with Crippen molar-refractivity contribution in [3.05, 3.63) is 76.7 Å². The zero-order valence-corrected chi connectivity index (χ0v) is 18.9. The van der Waals surface area contributed by atoms with E-state index in [1.54, 1.807) is 13.8 Å². The molecule has 2 aromatic rings. The molecule has 1 N–H and O–H groups in total. The number of amides is 1. The third-order valence-corrected chi connectivity index (χ3v) is 5.98. The van der Waals surface area contributed by atoms with E-state index in [-0.39, 0.29) is 29.7 Å². The zero-order valence-electron chi connectivity index (χ0n) is 21.9. The Morgan fingerprint density at radius 2 is 2.00 bits per heavy atom. The van der Waals surface area contributed by atoms with Gasteiger partial charge in [-0.25, -0.2) is 9.18 Å². The van der Waals surface area contributed by atoms with Gasteiger partial charge in [-0.3, -0.25) is 4.79 Å². The fraction of sp³-hybridized carbons (Fsp3) is 0.385. The summed E-state index contributed by atoms with van der Waals surface area (Å²) in [6.45, 7) is 8.88. The number of hydrogen-bond acceptors (Lipinski definition) is 4. The third kappa shape index (κ3) is 3.90. The van der Waals surface area contributed by atoms with E-state index in [0.717, 1.165) is 11.3 Å². The van der Waals surface area contributed by atoms with Crippen LogP contribution in [0.4, 0.5) is 10.1 Å². The Kier molecular flexibility index (Phi) is 4.65. The molecule has 2 aliphatic heterocycles. The molecule has 2 unspecified atom stereocenters. The average molecular weight is 440 g/mol. The van der Waals surface area contributed by atoms with Gasteiger partial charge in [0.25, 0.3) is 5.91 Å². The summed E-state index contributed by atoms with van der Waals surface area (Å²) in [4.78, 5) is 28.2. The molecule has 6 heteroatoms. The Hall–Kier alpha value is -3.15. The maximum Gasteiger partial charge on any atom is 0.337 e. The first-order valence-corrected chi connectivity index (χ1v) is 10.7. The SMILES string of the molecule is [2H]c1c([2H])c(C(=O)N2C=C(C(=O)OC(C)C)C3Nc4ccccc4C3C(C)(C)C2)c([2H])c(F)c1C. The monoisotopic (exact) mass is 439 g/mol. The number of nitrogens with zero attached hydrogens (tertiary/aromatic N) is 1. The number of carbonyl (C=O) groups is 2. The number of benzene rings is 2. The van der Waals surface area contributed by atoms with Crippen molar-refractivity contribution in [1.29, 1.82) is 0 Å². The van der Waals surface area contributed by atoms with Crippen LogP contribution in [0, 0.1) is 18.2 Å². The highest BCUT2D eigenvalue weighted by molar-refractivity contribution is 5.97. The van der Waals surface area contributed by atoms with E-state index in [4.69, 9.17) is 8.85 Å². The van der Waals surface area contributed by atoms with Crippen LogP contribution >= 0.6 is 0 Å². The molecule has 1 amide bonds. The van der Waals surface area contributed by atoms with Gasteiger partial charge in [0.05, 0.1) is 21.8 Å². The maximum absolute atomic E-state index is 14.6. The molecule has 0 saturated carbocycles. The molecule has 2 aliphatic rings. The van der Waals surface area contributed by atoms with Gasteiger partial charge >= 0.3 is 5.97 Å². The normalized spacial score (nSPS) is 22.5. The van der Waals surface area contributed by atoms with Crippen molar-refractivity contribution >= 4 is 17.6 Å². The molecular weight excluding hydrogens is 407 g/mol. The van der Waals surface area contributed by atoms with E-state index in [1.165, 1.54) is 18.0 Å². The quantitative estimate of drug-likeness (QED) is 0.682. The number of hydrogen-bond donors (Lipinski definition) is 1. The van der Waals surface area contributed by atoms with Crippen LogP contribution in [-0.2, 0) is 9.53 Å². The van der Waals surface area contributed by atoms with E-state index < -0.39 is 52.8 Å². The van der Waals surface area contributed by atoms with Gasteiger partial charge in [0.1, 0.15) is 5.82 Å². The molecule has 0 saturated heterocycles. The Bertz CT molecular complexity index is 1230. The van der Waals surface area contributed by atoms with Gasteiger partial charge in [0.15, 0.2) is 0 Å². The number of fused-ring (bicyclic) bond motifs is 3. The number of anilines is 1. The average Bonchev–Trinajstić information content (AvgIpc) is 3.13. The summed E-state index contributed by atoms with van der Waals surface area (Å²) in [6, 6.07) is 5.62. The zero-order chi connectivity index (χ0) is 25.8. The summed E-state index contributed by atoms with van der Waals surface area (Å²) in [6.07, 6.45) is 1.02. The Balaban J connectivity index is 1.87. The van der Waals surface area contributed by atoms with E-state index >= 15 is 0 Å². The first-order valence-electron chi connectivity index (χ1n) is 12.2. The molecule has 2 heterocycles. The van der Waals surface area contributed by atoms with Crippen LogP contribution in [0.1, 0.15) is 59.2 Å². The summed E-state index contributed by atoms with van der Waals surface area (Å²) in [5.41, 5.74) is 0.933. The van der Waals surface area contributed by atoms with E-state index in [9.17, 15) is 14.0 Å². The lowest BCUT2D eigenvalue weighted by molar-refractivity contribution is -0.143. The van der Waals surface area contributed by atoms with Crippen LogP contribution in [0.3, 0.4) is 0 Å². The minimum Gasteiger partial charge on any atom is -0.460 e. The largest absolute Gasteiger partial charge is 0.460 e. The summed E-state index contributed by atoms with van der Waals surface area (Å²) in [7, 11) is 0. The lowest BCUT2D eigenvalue weighted by Crippen LogP contribution is -2.39. The van der Waals surface area contributed by atoms with Crippen LogP contribution in [0.25, 0.3) is 0 Å². The van der Waals surface area contributed by atoms with Crippen molar-refractivity contribution in [3.63, 3.8) is 0 Å². The summed E-state index contributed by atoms with van der Waals surface area (Å²) in [5.74, 6) is -2.57. The topological polar surface area (TPSA) is 58.6 Å². The molecule has 168 valence electrons. The number of nitrogens with one attached hydrogen (secondary N) is 1. The Labute approximate surface area is 192 Å². The predicted molar refractivity (Wildman–Crippen MR) is 122 cm³/mol. The fourth-order valence-corrected chi connectivity index (χ4v) is 4.58. The molecule has 0 bridgehead atoms. The van der Waals surface area contributed by atoms with E-state index in [0.29, 0.717) is 0 Å². The highest BCUT2D eigenvalue weighted by atomic mass is 19.1. The Morgan fingerprint density at radius 3 is 2.72 bits per heavy atom. The molecule has 0 radical (unpaired) electrons. The summed E-state index contributed by atoms with van der Waals surface area (Å²) < 4.78 is 44.6. The van der Waals surface area contributed by atoms with Crippen molar-refractivity contribution in [2.45, 2.75) is 52.7 Å². The van der Waals surface area contributed by atoms with Crippen molar-refractivity contribution in [2.24, 2.45) is 5.41 Å². The lowest BCUT2D eigenvalue weighted by Gasteiger charge is -2.36. The number of esters is 1. The number of carbonyl (C=O) groups excluding carboxylic acids is 2. The minimum absolute atomic E-state index is 0.142. The molecule has 0 aromatic heterocycles. The Morgan fingerprint density at radius 1 is 1.28 bits per heavy atom. The van der Waals surface area contributed by atoms with Crippen LogP contribution in [0.15, 0.2) is 54.2 Å². The second-order valence-corrected chi connectivity index (χ2v) is 9.34. The second kappa shape index (κ2) is 8.08. The number of halogens is 1. The minimum atomic E-state index is -1.00. The lowest BCUT2D eigenvalue weighted by atomic mass is 9.71. The van der Waals surface area contributed by atoms with Gasteiger partial charge in [-0.05, 0) is 55.5 Å². The van der Waals surface area contributed by atoms with Crippen molar-refractivity contribution in [2.75, 3.05) is 11.9 Å². The molecule has 4 rings (SSSR count). The second-order valence-electron chi connectivity index (χ2n) is 9.34. The van der Waals surface area contributed by atoms with E-state index in [1.807, 2.05) is 38.1 Å². The van der Waals surface area contributed by atoms with Crippen molar-refractivity contribution in [3.8, 4) is 0 Å². The van der Waals surface area contributed by atoms with Crippen molar-refractivity contribution < 1.29 is 22.8 Å². The van der Waals surface area contributed by atoms with E-state index in [2.05, 4.69) is 5.32 Å². The molecule has 0 spiro atoms. The highest BCUT2D eigenvalue weighted by Gasteiger charge is 2.48. The smallest absolute Gasteiger partial charge is 0.337 e. The molecule has 32 heavy (non-hydrogen) atoms. The van der Waals surface area contributed by atoms with Gasteiger partial charge in [-0.1, -0.05) is 38.1 Å². The number of rotatable bonds is 3. The van der Waals surface area contributed by atoms with Crippen LogP contribution in [0.5, 0.6) is 0 Å². The third-order valence-electron chi connectivity index (χ3n) is 5.98. The highest BCUT2D eigenvalue weighted by Crippen LogP contribution is 2.50. The predicted octanol–water partition coefficient (Wildman–Crippen LogP) is 5.03. The van der Waals surface area contributed by atoms with Gasteiger partial charge in [0.2, 0.25) is 0 Å². The maximum atomic E-state index is 14.6. The summed E-state index contributed by atoms with van der Waals surface area (Å²) >= 11 is 0. The number of ether oxygens (including phenoxy) is 1. The first-order chi connectivity index (χ1) is 16.3. The molecular formula is C26H29FN2O3. The van der Waals surface area contributed by atoms with Gasteiger partial charge < -0.3 is 15.0 Å². The van der Waals surface area contributed by atoms with Crippen LogP contribution in [0.2, 0.25) is 0 Å². The van der Waals surface area contributed by atoms with Crippen molar-refractivity contribution in [1.82, 2.24) is 4.90 Å². The molecule has 5 nitrogen and oxygen atoms in total. The standard InChI is InChI=1S/C26H29FN2O3/c1-15(2)32-25(31)19-13-29(24(30)17-11-10-16(3)20(27)12-17)14-26(4,5)22-18-8-6-7-9-21(18)28-23(19)22/h6-13,15,22-23,28H,14H2,1-5H3/i10D,11D,12D. The molecule has 0 aliphatic carbocycles. The van der Waals surface area contributed by atoms with Crippen LogP contribution in [-0.4, -0.2) is 35.5 Å². The van der Waals surface area contributed by atoms with Gasteiger partial charge in [-0.2, -0.15) is 0 Å². The molecule has 2 atom stereocenters. The number of para-hydroxylation sites is 1. The molecule has 2 aromatic carbocycles. The summed E-state index contributed by atoms with van der Waals surface area (Å²) in [5, 5.41) is 3.41. The van der Waals surface area contributed by atoms with Crippen LogP contribution < -0.4 is 5.32 Å². The first kappa shape index (κ1) is 18.4. The fourth-order valence-electron chi connectivity index (χ4n) is 4.58. The molecule has 0 fully saturated rings.